The fourth-order valence-corrected chi connectivity index (χ4v) is 4.10. The van der Waals surface area contributed by atoms with Crippen molar-refractivity contribution in [3.8, 4) is 0 Å². The summed E-state index contributed by atoms with van der Waals surface area (Å²) in [5.41, 5.74) is -0.180. The molecule has 9 heteroatoms. The molecule has 0 atom stereocenters. The van der Waals surface area contributed by atoms with Crippen LogP contribution in [0.5, 0.6) is 0 Å². The molecule has 6 nitrogen and oxygen atoms in total. The van der Waals surface area contributed by atoms with Crippen molar-refractivity contribution >= 4 is 45.0 Å². The zero-order valence-corrected chi connectivity index (χ0v) is 15.6. The minimum atomic E-state index is -4.00. The molecule has 0 unspecified atom stereocenters. The second kappa shape index (κ2) is 6.66. The molecule has 24 heavy (non-hydrogen) atoms. The molecule has 0 fully saturated rings. The van der Waals surface area contributed by atoms with Crippen molar-refractivity contribution in [3.05, 3.63) is 46.1 Å². The van der Waals surface area contributed by atoms with Crippen molar-refractivity contribution in [1.82, 2.24) is 10.3 Å². The van der Waals surface area contributed by atoms with Crippen molar-refractivity contribution in [2.45, 2.75) is 31.2 Å². The first-order valence-electron chi connectivity index (χ1n) is 6.98. The first kappa shape index (κ1) is 18.6. The third-order valence-corrected chi connectivity index (χ3v) is 5.17. The van der Waals surface area contributed by atoms with E-state index < -0.39 is 15.6 Å². The van der Waals surface area contributed by atoms with Crippen LogP contribution < -0.4 is 10.0 Å². The number of carbonyl (C=O) groups is 1. The number of aromatic amines is 1. The smallest absolute Gasteiger partial charge is 0.268 e. The number of anilines is 1. The van der Waals surface area contributed by atoms with Crippen molar-refractivity contribution in [1.29, 1.82) is 0 Å². The molecule has 0 radical (unpaired) electrons. The number of sulfonamides is 1. The Balaban J connectivity index is 2.25. The Morgan fingerprint density at radius 1 is 1.08 bits per heavy atom. The molecular weight excluding hydrogens is 373 g/mol. The number of benzene rings is 1. The van der Waals surface area contributed by atoms with Gasteiger partial charge in [-0.3, -0.25) is 9.52 Å². The number of amides is 1. The van der Waals surface area contributed by atoms with Crippen molar-refractivity contribution in [2.24, 2.45) is 0 Å². The number of halogens is 2. The van der Waals surface area contributed by atoms with Gasteiger partial charge in [-0.1, -0.05) is 29.3 Å². The maximum Gasteiger partial charge on any atom is 0.268 e. The summed E-state index contributed by atoms with van der Waals surface area (Å²) in [7, 11) is -4.00. The average molecular weight is 390 g/mol. The van der Waals surface area contributed by atoms with Gasteiger partial charge in [-0.25, -0.2) is 8.42 Å². The predicted molar refractivity (Wildman–Crippen MR) is 95.3 cm³/mol. The van der Waals surface area contributed by atoms with Gasteiger partial charge in [-0.05, 0) is 45.0 Å². The van der Waals surface area contributed by atoms with Gasteiger partial charge in [0.15, 0.2) is 0 Å². The van der Waals surface area contributed by atoms with Gasteiger partial charge in [0, 0.05) is 5.54 Å². The predicted octanol–water partition coefficient (Wildman–Crippen LogP) is 3.65. The lowest BCUT2D eigenvalue weighted by Gasteiger charge is -2.19. The zero-order valence-electron chi connectivity index (χ0n) is 13.3. The maximum absolute atomic E-state index is 12.5. The molecule has 0 aliphatic heterocycles. The Hall–Kier alpha value is -1.70. The van der Waals surface area contributed by atoms with Gasteiger partial charge in [-0.2, -0.15) is 0 Å². The number of aromatic nitrogens is 1. The zero-order chi connectivity index (χ0) is 18.1. The largest absolute Gasteiger partial charge is 0.346 e. The van der Waals surface area contributed by atoms with E-state index in [1.54, 1.807) is 6.07 Å². The van der Waals surface area contributed by atoms with Crippen LogP contribution in [0.3, 0.4) is 0 Å². The molecule has 1 aromatic heterocycles. The Bertz CT molecular complexity index is 850. The van der Waals surface area contributed by atoms with Crippen molar-refractivity contribution in [2.75, 3.05) is 4.72 Å². The van der Waals surface area contributed by atoms with Crippen molar-refractivity contribution in [3.63, 3.8) is 0 Å². The molecule has 2 rings (SSSR count). The fraction of sp³-hybridized carbons (Fsp3) is 0.267. The van der Waals surface area contributed by atoms with E-state index >= 15 is 0 Å². The second-order valence-corrected chi connectivity index (χ2v) is 8.58. The third kappa shape index (κ3) is 4.43. The Morgan fingerprint density at radius 3 is 2.21 bits per heavy atom. The van der Waals surface area contributed by atoms with E-state index in [9.17, 15) is 13.2 Å². The molecule has 0 aliphatic rings. The molecule has 0 saturated heterocycles. The highest BCUT2D eigenvalue weighted by Gasteiger charge is 2.23. The molecule has 3 N–H and O–H groups in total. The van der Waals surface area contributed by atoms with Crippen LogP contribution >= 0.6 is 23.2 Å². The number of hydrogen-bond acceptors (Lipinski definition) is 3. The molecule has 2 aromatic rings. The minimum Gasteiger partial charge on any atom is -0.346 e. The summed E-state index contributed by atoms with van der Waals surface area (Å²) in [5.74, 6) is -0.214. The quantitative estimate of drug-likeness (QED) is 0.744. The normalized spacial score (nSPS) is 12.0. The van der Waals surface area contributed by atoms with Crippen LogP contribution in [0.25, 0.3) is 0 Å². The summed E-state index contributed by atoms with van der Waals surface area (Å²) in [6.07, 6.45) is 0. The van der Waals surface area contributed by atoms with E-state index in [0.717, 1.165) is 0 Å². The van der Waals surface area contributed by atoms with Gasteiger partial charge >= 0.3 is 0 Å². The Morgan fingerprint density at radius 2 is 1.67 bits per heavy atom. The summed E-state index contributed by atoms with van der Waals surface area (Å²) in [6.45, 7) is 5.53. The number of rotatable bonds is 4. The standard InChI is InChI=1S/C15H17Cl2N3O3S/c1-15(2,3)19-14(21)11-7-8-12(18-11)20-24(22,23)13-9(16)5-4-6-10(13)17/h4-8,18,20H,1-3H3,(H,19,21). The summed E-state index contributed by atoms with van der Waals surface area (Å²) in [6, 6.07) is 7.33. The summed E-state index contributed by atoms with van der Waals surface area (Å²) < 4.78 is 27.2. The minimum absolute atomic E-state index is 0.00672. The lowest BCUT2D eigenvalue weighted by Crippen LogP contribution is -2.40. The average Bonchev–Trinajstić information content (AvgIpc) is 2.83. The van der Waals surface area contributed by atoms with Gasteiger partial charge < -0.3 is 10.3 Å². The topological polar surface area (TPSA) is 91.1 Å². The summed E-state index contributed by atoms with van der Waals surface area (Å²) in [4.78, 5) is 14.5. The van der Waals surface area contributed by atoms with Gasteiger partial charge in [-0.15, -0.1) is 0 Å². The summed E-state index contributed by atoms with van der Waals surface area (Å²) >= 11 is 11.9. The second-order valence-electron chi connectivity index (χ2n) is 6.15. The van der Waals surface area contributed by atoms with Crippen LogP contribution in [0.4, 0.5) is 5.82 Å². The maximum atomic E-state index is 12.5. The van der Waals surface area contributed by atoms with E-state index in [0.29, 0.717) is 0 Å². The van der Waals surface area contributed by atoms with Crippen molar-refractivity contribution < 1.29 is 13.2 Å². The van der Waals surface area contributed by atoms with Crippen LogP contribution in [-0.2, 0) is 10.0 Å². The molecule has 130 valence electrons. The van der Waals surface area contributed by atoms with E-state index in [2.05, 4.69) is 15.0 Å². The monoisotopic (exact) mass is 389 g/mol. The molecule has 0 bridgehead atoms. The van der Waals surface area contributed by atoms with E-state index in [1.165, 1.54) is 24.3 Å². The molecule has 1 amide bonds. The Kier molecular flexibility index (Phi) is 5.17. The first-order chi connectivity index (χ1) is 11.0. The van der Waals surface area contributed by atoms with Gasteiger partial charge in [0.1, 0.15) is 16.4 Å². The molecular formula is C15H17Cl2N3O3S. The number of H-pyrrole nitrogens is 1. The number of nitrogens with one attached hydrogen (secondary N) is 3. The number of carbonyl (C=O) groups excluding carboxylic acids is 1. The molecule has 0 spiro atoms. The van der Waals surface area contributed by atoms with E-state index in [1.807, 2.05) is 20.8 Å². The van der Waals surface area contributed by atoms with Gasteiger partial charge in [0.05, 0.1) is 10.0 Å². The van der Waals surface area contributed by atoms with E-state index in [-0.39, 0.29) is 32.4 Å². The molecule has 0 saturated carbocycles. The number of hydrogen-bond donors (Lipinski definition) is 3. The van der Waals surface area contributed by atoms with Crippen LogP contribution in [-0.4, -0.2) is 24.8 Å². The SMILES string of the molecule is CC(C)(C)NC(=O)c1ccc(NS(=O)(=O)c2c(Cl)cccc2Cl)[nH]1. The lowest BCUT2D eigenvalue weighted by atomic mass is 10.1. The highest BCUT2D eigenvalue weighted by atomic mass is 35.5. The third-order valence-electron chi connectivity index (χ3n) is 2.85. The Labute approximate surface area is 150 Å². The lowest BCUT2D eigenvalue weighted by molar-refractivity contribution is 0.0915. The van der Waals surface area contributed by atoms with Crippen LogP contribution in [0, 0.1) is 0 Å². The molecule has 1 aromatic carbocycles. The highest BCUT2D eigenvalue weighted by Crippen LogP contribution is 2.30. The fourth-order valence-electron chi connectivity index (χ4n) is 1.93. The van der Waals surface area contributed by atoms with Crippen LogP contribution in [0.1, 0.15) is 31.3 Å². The molecule has 0 aliphatic carbocycles. The van der Waals surface area contributed by atoms with Crippen LogP contribution in [0.2, 0.25) is 10.0 Å². The summed E-state index contributed by atoms with van der Waals surface area (Å²) in [5, 5.41) is 2.79. The highest BCUT2D eigenvalue weighted by molar-refractivity contribution is 7.93. The van der Waals surface area contributed by atoms with Crippen LogP contribution in [0.15, 0.2) is 35.2 Å². The molecule has 1 heterocycles. The first-order valence-corrected chi connectivity index (χ1v) is 9.22. The van der Waals surface area contributed by atoms with E-state index in [4.69, 9.17) is 23.2 Å². The van der Waals surface area contributed by atoms with Gasteiger partial charge in [0.2, 0.25) is 0 Å². The van der Waals surface area contributed by atoms with Gasteiger partial charge in [0.25, 0.3) is 15.9 Å².